The number of Topliss-reactive ketones (excluding diaryl/α,β-unsaturated/α-hetero) is 2. The van der Waals surface area contributed by atoms with Crippen LogP contribution in [0.25, 0.3) is 81.8 Å². The number of halogens is 6. The quantitative estimate of drug-likeness (QED) is 0.0108. The van der Waals surface area contributed by atoms with E-state index in [9.17, 15) is 87.3 Å². The van der Waals surface area contributed by atoms with Crippen LogP contribution in [0.3, 0.4) is 0 Å². The molecule has 0 aliphatic carbocycles. The van der Waals surface area contributed by atoms with Crippen LogP contribution < -0.4 is 40.9 Å². The number of thioether (sulfide) groups is 1. The lowest BCUT2D eigenvalue weighted by atomic mass is 9.95. The Morgan fingerprint density at radius 3 is 1.27 bits per heavy atom. The first-order valence-electron chi connectivity index (χ1n) is 40.8. The molecule has 0 aliphatic rings. The van der Waals surface area contributed by atoms with Gasteiger partial charge in [0.15, 0.2) is 60.6 Å². The molecule has 690 valence electrons. The summed E-state index contributed by atoms with van der Waals surface area (Å²) in [4.78, 5) is 109. The molecule has 12 aromatic rings. The summed E-state index contributed by atoms with van der Waals surface area (Å²) in [5.74, 6) is -2.36. The number of carbonyl (C=O) groups is 3. The van der Waals surface area contributed by atoms with Crippen molar-refractivity contribution in [2.45, 2.75) is 164 Å². The van der Waals surface area contributed by atoms with Crippen LogP contribution >= 0.6 is 11.8 Å². The molecule has 0 radical (unpaired) electrons. The SMILES string of the molecule is [C-]#[N+]c1ccc(CC(=O)[C@@](C)(O)CS(=O)(=O)c2ccc(OCC)c(-c3nc4c(CCC)nn(C)c4c(=O)[nH]3)c2)cc1C(F)(F)F.[C-]#[N+]c1ccc(CC(=O)[C@@](C)(O)CSc2ccc(OCC)c(-c3nc4c(CCC)nn(C)c4c(=O)[nH]3)c2)cc1C(F)(F)F.[C-]#[N+]c1ccc(NC(=O)[C@](C)(O)CNS(=O)(=O)c2ccc(OCC)c(-c3nc4c(CCC)nn(C)c4c(=O)[nH]3)c2)cc1C. The number of ketones is 2. The van der Waals surface area contributed by atoms with Gasteiger partial charge in [0.1, 0.15) is 62.5 Å². The second-order valence-corrected chi connectivity index (χ2v) is 35.8. The normalized spacial score (nSPS) is 13.2. The molecule has 131 heavy (non-hydrogen) atoms. The molecule has 1 amide bonds. The monoisotopic (exact) mass is 1870 g/mol. The summed E-state index contributed by atoms with van der Waals surface area (Å²) < 4.78 is 158. The number of sulfone groups is 1. The number of sulfonamides is 1. The van der Waals surface area contributed by atoms with Crippen molar-refractivity contribution in [1.29, 1.82) is 0 Å². The van der Waals surface area contributed by atoms with Crippen molar-refractivity contribution in [1.82, 2.24) is 64.0 Å². The van der Waals surface area contributed by atoms with Crippen molar-refractivity contribution in [3.8, 4) is 51.4 Å². The lowest BCUT2D eigenvalue weighted by molar-refractivity contribution is -0.137. The fourth-order valence-corrected chi connectivity index (χ4v) is 17.6. The summed E-state index contributed by atoms with van der Waals surface area (Å²) in [7, 11) is -3.71. The maximum atomic E-state index is 13.5. The molecule has 0 saturated heterocycles. The average molecular weight is 1870 g/mol. The van der Waals surface area contributed by atoms with Gasteiger partial charge in [-0.2, -0.15) is 41.6 Å². The number of rotatable bonds is 33. The highest BCUT2D eigenvalue weighted by molar-refractivity contribution is 7.99. The maximum absolute atomic E-state index is 13.5. The Morgan fingerprint density at radius 1 is 0.504 bits per heavy atom. The number of amides is 1. The molecule has 6 heterocycles. The summed E-state index contributed by atoms with van der Waals surface area (Å²) in [5, 5.41) is 48.5. The number of nitrogens with zero attached hydrogens (tertiary/aromatic N) is 12. The Kier molecular flexibility index (Phi) is 31.1. The molecule has 33 nitrogen and oxygen atoms in total. The first-order valence-corrected chi connectivity index (χ1v) is 45.0. The number of anilines is 1. The molecular formula is C89H93F6N17O16S3. The molecule has 0 bridgehead atoms. The lowest BCUT2D eigenvalue weighted by Crippen LogP contribution is -2.49. The molecule has 0 unspecified atom stereocenters. The van der Waals surface area contributed by atoms with Crippen molar-refractivity contribution in [2.75, 3.05) is 43.2 Å². The molecule has 6 aromatic carbocycles. The molecule has 0 aliphatic heterocycles. The van der Waals surface area contributed by atoms with E-state index in [1.807, 2.05) is 27.7 Å². The highest BCUT2D eigenvalue weighted by Crippen LogP contribution is 2.42. The molecular weight excluding hydrogens is 1770 g/mol. The number of hydrogen-bond donors (Lipinski definition) is 8. The van der Waals surface area contributed by atoms with Gasteiger partial charge in [0.2, 0.25) is 10.0 Å². The van der Waals surface area contributed by atoms with Crippen LogP contribution in [0.4, 0.5) is 49.1 Å². The highest BCUT2D eigenvalue weighted by Gasteiger charge is 2.41. The Hall–Kier alpha value is -13.3. The fraction of sp³-hybridized carbons (Fsp3) is 0.360. The minimum atomic E-state index is -4.85. The zero-order valence-corrected chi connectivity index (χ0v) is 75.7. The van der Waals surface area contributed by atoms with Crippen LogP contribution in [0.1, 0.15) is 126 Å². The second-order valence-electron chi connectivity index (χ2n) is 31.0. The molecule has 42 heteroatoms. The van der Waals surface area contributed by atoms with E-state index in [0.717, 1.165) is 62.2 Å². The van der Waals surface area contributed by atoms with Gasteiger partial charge in [-0.15, -0.1) is 11.8 Å². The van der Waals surface area contributed by atoms with Crippen LogP contribution in [0.15, 0.2) is 138 Å². The third-order valence-electron chi connectivity index (χ3n) is 20.5. The molecule has 3 atom stereocenters. The maximum Gasteiger partial charge on any atom is 0.407 e. The third kappa shape index (κ3) is 23.1. The van der Waals surface area contributed by atoms with E-state index >= 15 is 0 Å². The van der Waals surface area contributed by atoms with Crippen molar-refractivity contribution in [2.24, 2.45) is 21.1 Å². The summed E-state index contributed by atoms with van der Waals surface area (Å²) >= 11 is 1.16. The van der Waals surface area contributed by atoms with E-state index in [1.54, 1.807) is 66.2 Å². The van der Waals surface area contributed by atoms with Gasteiger partial charge in [-0.25, -0.2) is 51.0 Å². The minimum Gasteiger partial charge on any atom is -0.493 e. The van der Waals surface area contributed by atoms with Crippen molar-refractivity contribution < 1.29 is 87.1 Å². The van der Waals surface area contributed by atoms with Crippen molar-refractivity contribution in [3.63, 3.8) is 0 Å². The number of aliphatic hydroxyl groups is 3. The van der Waals surface area contributed by atoms with Crippen LogP contribution in [-0.2, 0) is 99.8 Å². The Morgan fingerprint density at radius 2 is 0.885 bits per heavy atom. The van der Waals surface area contributed by atoms with Gasteiger partial charge in [-0.05, 0) is 151 Å². The van der Waals surface area contributed by atoms with Gasteiger partial charge < -0.3 is 49.8 Å². The Labute approximate surface area is 751 Å². The standard InChI is InChI=1S/C30H30F3N5O6S.C30H30F3N5O4S.C29H33N7O6S/c1-6-8-22-25-26(38(5)37-22)28(40)36-27(35-25)19-15-18(10-12-23(19)44-7-2)45(42,43)16-29(3,41)24(39)14-17-9-11-21(34-4)20(13-17)30(31,32)33;1-6-8-22-25-26(38(5)37-22)28(40)36-27(35-25)19-15-18(10-12-23(19)42-7-2)43-16-29(3,41)24(39)14-17-9-11-21(34-4)20(13-17)30(31,32)33;1-7-9-22-24-25(36(6)35-22)27(37)34-26(33-24)20-15-19(11-13-23(20)42-8-2)43(40,41)31-16-29(4,39)28(38)32-18-10-12-21(30-5)17(3)14-18/h9-13,15,41H,6-8,14,16H2,1-3,5H3,(H,35,36,40);9-13,15,41H,6-8,14,16H2,1-3,5H3,(H,35,36,40);10-15,31,39H,7-9,16H2,1-4,6H3,(H,32,38)(H,33,34,37)/t3*29-/m001/s1. The number of hydrogen-bond acceptors (Lipinski definition) is 23. The number of fused-ring (bicyclic) bond motifs is 3. The largest absolute Gasteiger partial charge is 0.493 e. The second kappa shape index (κ2) is 40.8. The van der Waals surface area contributed by atoms with E-state index < -0.39 is 125 Å². The number of nitrogens with one attached hydrogen (secondary N) is 5. The molecule has 0 spiro atoms. The van der Waals surface area contributed by atoms with Crippen molar-refractivity contribution in [3.05, 3.63) is 219 Å². The predicted octanol–water partition coefficient (Wildman–Crippen LogP) is 13.7. The summed E-state index contributed by atoms with van der Waals surface area (Å²) in [6, 6.07) is 23.4. The van der Waals surface area contributed by atoms with Crippen LogP contribution in [-0.4, -0.2) is 164 Å². The highest BCUT2D eigenvalue weighted by atomic mass is 32.2. The van der Waals surface area contributed by atoms with E-state index in [0.29, 0.717) is 115 Å². The molecule has 6 aromatic heterocycles. The third-order valence-corrected chi connectivity index (χ3v) is 25.1. The number of aromatic amines is 3. The molecule has 8 N–H and O–H groups in total. The van der Waals surface area contributed by atoms with Crippen LogP contribution in [0, 0.1) is 26.6 Å². The predicted molar refractivity (Wildman–Crippen MR) is 478 cm³/mol. The summed E-state index contributed by atoms with van der Waals surface area (Å²) in [5.41, 5.74) is -5.10. The number of aromatic nitrogens is 12. The van der Waals surface area contributed by atoms with E-state index in [4.69, 9.17) is 38.9 Å². The Bertz CT molecular complexity index is 6980. The van der Waals surface area contributed by atoms with Crippen LogP contribution in [0.2, 0.25) is 0 Å². The first kappa shape index (κ1) is 99.9. The molecule has 0 saturated carbocycles. The van der Waals surface area contributed by atoms with Gasteiger partial charge in [0.05, 0.1) is 100.0 Å². The number of H-pyrrole nitrogens is 3. The van der Waals surface area contributed by atoms with E-state index in [1.165, 1.54) is 82.5 Å². The first-order chi connectivity index (χ1) is 61.6. The van der Waals surface area contributed by atoms with Gasteiger partial charge in [0.25, 0.3) is 22.6 Å². The fourth-order valence-electron chi connectivity index (χ4n) is 13.9. The topological polar surface area (TPSA) is 436 Å². The summed E-state index contributed by atoms with van der Waals surface area (Å²) in [6.45, 7) is 37.7. The van der Waals surface area contributed by atoms with E-state index in [2.05, 4.69) is 64.8 Å². The minimum absolute atomic E-state index is 0.0181. The van der Waals surface area contributed by atoms with E-state index in [-0.39, 0.29) is 85.3 Å². The van der Waals surface area contributed by atoms with Gasteiger partial charge >= 0.3 is 12.4 Å². The number of ether oxygens (including phenoxy) is 3. The summed E-state index contributed by atoms with van der Waals surface area (Å²) in [6.07, 6.45) is -6.62. The molecule has 12 rings (SSSR count). The average Bonchev–Trinajstić information content (AvgIpc) is 1.66. The zero-order chi connectivity index (χ0) is 96.4. The smallest absolute Gasteiger partial charge is 0.407 e. The lowest BCUT2D eigenvalue weighted by Gasteiger charge is -2.23. The molecule has 0 fully saturated rings. The van der Waals surface area contributed by atoms with Gasteiger partial charge in [-0.3, -0.25) is 42.8 Å². The number of carbonyl (C=O) groups excluding carboxylic acids is 3. The van der Waals surface area contributed by atoms with Gasteiger partial charge in [-0.1, -0.05) is 82.5 Å². The number of alkyl halides is 6. The Balaban J connectivity index is 0.000000204. The zero-order valence-electron chi connectivity index (χ0n) is 73.3. The van der Waals surface area contributed by atoms with Gasteiger partial charge in [0, 0.05) is 56.9 Å². The van der Waals surface area contributed by atoms with Crippen molar-refractivity contribution >= 4 is 105 Å². The number of aryl methyl sites for hydroxylation is 7. The number of benzene rings is 6. The van der Waals surface area contributed by atoms with Crippen LogP contribution in [0.5, 0.6) is 17.2 Å².